The molecule has 0 aliphatic rings. The van der Waals surface area contributed by atoms with E-state index in [-0.39, 0.29) is 0 Å². The Labute approximate surface area is 101 Å². The molecule has 0 N–H and O–H groups in total. The second-order valence-corrected chi connectivity index (χ2v) is 4.41. The van der Waals surface area contributed by atoms with Gasteiger partial charge in [0.25, 0.3) is 0 Å². The second kappa shape index (κ2) is 4.84. The lowest BCUT2D eigenvalue weighted by atomic mass is 10.0. The van der Waals surface area contributed by atoms with Crippen molar-refractivity contribution in [1.82, 2.24) is 4.98 Å². The molecule has 0 atom stereocenters. The van der Waals surface area contributed by atoms with E-state index in [1.165, 1.54) is 11.3 Å². The average Bonchev–Trinajstić information content (AvgIpc) is 2.29. The quantitative estimate of drug-likeness (QED) is 0.766. The maximum atomic E-state index is 6.18. The van der Waals surface area contributed by atoms with Crippen LogP contribution < -0.4 is 0 Å². The molecule has 0 bridgehead atoms. The third-order valence-electron chi connectivity index (χ3n) is 2.84. The zero-order chi connectivity index (χ0) is 11.5. The van der Waals surface area contributed by atoms with Gasteiger partial charge in [-0.15, -0.1) is 0 Å². The standard InChI is InChI=1S/C14H16ClN/c1-3-6-13-10(4-2)9-11-12(15)7-5-8-14(11)16-13/h5,7-9H,3-4,6H2,1-2H3. The molecule has 84 valence electrons. The molecule has 1 aromatic heterocycles. The number of hydrogen-bond acceptors (Lipinski definition) is 1. The smallest absolute Gasteiger partial charge is 0.0720 e. The van der Waals surface area contributed by atoms with E-state index in [9.17, 15) is 0 Å². The molecule has 0 unspecified atom stereocenters. The highest BCUT2D eigenvalue weighted by Gasteiger charge is 2.06. The highest BCUT2D eigenvalue weighted by atomic mass is 35.5. The van der Waals surface area contributed by atoms with E-state index in [1.54, 1.807) is 0 Å². The van der Waals surface area contributed by atoms with Gasteiger partial charge in [-0.05, 0) is 36.6 Å². The summed E-state index contributed by atoms with van der Waals surface area (Å²) in [6.07, 6.45) is 3.20. The molecule has 0 saturated heterocycles. The molecule has 1 heterocycles. The first-order valence-corrected chi connectivity index (χ1v) is 6.21. The Bertz CT molecular complexity index is 505. The van der Waals surface area contributed by atoms with E-state index in [0.717, 1.165) is 35.2 Å². The fourth-order valence-corrected chi connectivity index (χ4v) is 2.22. The van der Waals surface area contributed by atoms with E-state index in [4.69, 9.17) is 16.6 Å². The van der Waals surface area contributed by atoms with Crippen LogP contribution in [-0.4, -0.2) is 4.98 Å². The van der Waals surface area contributed by atoms with Crippen molar-refractivity contribution in [3.05, 3.63) is 40.5 Å². The fraction of sp³-hybridized carbons (Fsp3) is 0.357. The Morgan fingerprint density at radius 3 is 2.75 bits per heavy atom. The van der Waals surface area contributed by atoms with Gasteiger partial charge < -0.3 is 0 Å². The van der Waals surface area contributed by atoms with Crippen molar-refractivity contribution in [3.8, 4) is 0 Å². The van der Waals surface area contributed by atoms with Crippen LogP contribution in [-0.2, 0) is 12.8 Å². The van der Waals surface area contributed by atoms with Crippen molar-refractivity contribution in [1.29, 1.82) is 0 Å². The van der Waals surface area contributed by atoms with Gasteiger partial charge in [-0.2, -0.15) is 0 Å². The Morgan fingerprint density at radius 1 is 1.25 bits per heavy atom. The molecule has 0 spiro atoms. The van der Waals surface area contributed by atoms with Gasteiger partial charge in [-0.1, -0.05) is 37.9 Å². The summed E-state index contributed by atoms with van der Waals surface area (Å²) in [7, 11) is 0. The van der Waals surface area contributed by atoms with Crippen molar-refractivity contribution >= 4 is 22.5 Å². The largest absolute Gasteiger partial charge is 0.253 e. The normalized spacial score (nSPS) is 10.9. The van der Waals surface area contributed by atoms with E-state index < -0.39 is 0 Å². The second-order valence-electron chi connectivity index (χ2n) is 4.00. The lowest BCUT2D eigenvalue weighted by molar-refractivity contribution is 0.865. The van der Waals surface area contributed by atoms with Crippen molar-refractivity contribution in [2.24, 2.45) is 0 Å². The van der Waals surface area contributed by atoms with E-state index >= 15 is 0 Å². The lowest BCUT2D eigenvalue weighted by Gasteiger charge is -2.09. The monoisotopic (exact) mass is 233 g/mol. The van der Waals surface area contributed by atoms with Crippen molar-refractivity contribution in [2.75, 3.05) is 0 Å². The molecular formula is C14H16ClN. The third-order valence-corrected chi connectivity index (χ3v) is 3.17. The first kappa shape index (κ1) is 11.4. The van der Waals surface area contributed by atoms with Gasteiger partial charge in [0, 0.05) is 16.1 Å². The summed E-state index contributed by atoms with van der Waals surface area (Å²) in [6.45, 7) is 4.35. The van der Waals surface area contributed by atoms with Gasteiger partial charge in [0.2, 0.25) is 0 Å². The molecule has 0 radical (unpaired) electrons. The summed E-state index contributed by atoms with van der Waals surface area (Å²) in [5, 5.41) is 1.86. The Hall–Kier alpha value is -1.08. The molecule has 2 rings (SSSR count). The summed E-state index contributed by atoms with van der Waals surface area (Å²) in [5.74, 6) is 0. The van der Waals surface area contributed by atoms with Crippen LogP contribution in [0.25, 0.3) is 10.9 Å². The molecule has 0 saturated carbocycles. The minimum absolute atomic E-state index is 0.794. The zero-order valence-corrected chi connectivity index (χ0v) is 10.5. The van der Waals surface area contributed by atoms with Gasteiger partial charge in [-0.3, -0.25) is 4.98 Å². The molecule has 2 aromatic rings. The minimum Gasteiger partial charge on any atom is -0.253 e. The summed E-state index contributed by atoms with van der Waals surface area (Å²) >= 11 is 6.18. The number of benzene rings is 1. The van der Waals surface area contributed by atoms with Crippen LogP contribution in [0.1, 0.15) is 31.5 Å². The predicted molar refractivity (Wildman–Crippen MR) is 70.1 cm³/mol. The maximum Gasteiger partial charge on any atom is 0.0720 e. The van der Waals surface area contributed by atoms with Crippen LogP contribution in [0.15, 0.2) is 24.3 Å². The van der Waals surface area contributed by atoms with Crippen molar-refractivity contribution in [3.63, 3.8) is 0 Å². The Morgan fingerprint density at radius 2 is 2.06 bits per heavy atom. The number of rotatable bonds is 3. The molecule has 2 heteroatoms. The van der Waals surface area contributed by atoms with Gasteiger partial charge in [0.15, 0.2) is 0 Å². The lowest BCUT2D eigenvalue weighted by Crippen LogP contribution is -1.97. The number of aryl methyl sites for hydroxylation is 2. The number of nitrogens with zero attached hydrogens (tertiary/aromatic N) is 1. The van der Waals surface area contributed by atoms with E-state index in [1.807, 2.05) is 18.2 Å². The molecule has 16 heavy (non-hydrogen) atoms. The number of pyridine rings is 1. The number of aromatic nitrogens is 1. The summed E-state index contributed by atoms with van der Waals surface area (Å²) in [5.41, 5.74) is 3.55. The SMILES string of the molecule is CCCc1nc2cccc(Cl)c2cc1CC. The minimum atomic E-state index is 0.794. The predicted octanol–water partition coefficient (Wildman–Crippen LogP) is 4.40. The molecule has 0 aliphatic heterocycles. The molecule has 1 aromatic carbocycles. The first-order valence-electron chi connectivity index (χ1n) is 5.83. The Kier molecular flexibility index (Phi) is 3.45. The maximum absolute atomic E-state index is 6.18. The van der Waals surface area contributed by atoms with Gasteiger partial charge in [0.05, 0.1) is 5.52 Å². The molecule has 0 amide bonds. The summed E-state index contributed by atoms with van der Waals surface area (Å²) < 4.78 is 0. The molecule has 0 fully saturated rings. The van der Waals surface area contributed by atoms with Gasteiger partial charge >= 0.3 is 0 Å². The van der Waals surface area contributed by atoms with Gasteiger partial charge in [-0.25, -0.2) is 0 Å². The average molecular weight is 234 g/mol. The van der Waals surface area contributed by atoms with Crippen LogP contribution >= 0.6 is 11.6 Å². The highest BCUT2D eigenvalue weighted by Crippen LogP contribution is 2.25. The fourth-order valence-electron chi connectivity index (χ4n) is 2.00. The van der Waals surface area contributed by atoms with Crippen molar-refractivity contribution < 1.29 is 0 Å². The molecule has 0 aliphatic carbocycles. The third kappa shape index (κ3) is 2.05. The number of fused-ring (bicyclic) bond motifs is 1. The molecular weight excluding hydrogens is 218 g/mol. The first-order chi connectivity index (χ1) is 7.76. The highest BCUT2D eigenvalue weighted by molar-refractivity contribution is 6.35. The number of halogens is 1. The van der Waals surface area contributed by atoms with Crippen LogP contribution in [0.3, 0.4) is 0 Å². The van der Waals surface area contributed by atoms with Crippen LogP contribution in [0, 0.1) is 0 Å². The number of hydrogen-bond donors (Lipinski definition) is 0. The van der Waals surface area contributed by atoms with Gasteiger partial charge in [0.1, 0.15) is 0 Å². The zero-order valence-electron chi connectivity index (χ0n) is 9.76. The van der Waals surface area contributed by atoms with Crippen LogP contribution in [0.5, 0.6) is 0 Å². The van der Waals surface area contributed by atoms with Crippen LogP contribution in [0.2, 0.25) is 5.02 Å². The van der Waals surface area contributed by atoms with Crippen LogP contribution in [0.4, 0.5) is 0 Å². The van der Waals surface area contributed by atoms with E-state index in [0.29, 0.717) is 0 Å². The molecule has 1 nitrogen and oxygen atoms in total. The van der Waals surface area contributed by atoms with E-state index in [2.05, 4.69) is 19.9 Å². The summed E-state index contributed by atoms with van der Waals surface area (Å²) in [4.78, 5) is 4.71. The Balaban J connectivity index is 2.65. The summed E-state index contributed by atoms with van der Waals surface area (Å²) in [6, 6.07) is 8.10. The topological polar surface area (TPSA) is 12.9 Å². The van der Waals surface area contributed by atoms with Crippen molar-refractivity contribution in [2.45, 2.75) is 33.1 Å².